The molecule has 0 aliphatic rings. The van der Waals surface area contributed by atoms with E-state index in [-0.39, 0.29) is 19.0 Å². The van der Waals surface area contributed by atoms with Gasteiger partial charge in [0.1, 0.15) is 0 Å². The highest BCUT2D eigenvalue weighted by Gasteiger charge is 1.99. The summed E-state index contributed by atoms with van der Waals surface area (Å²) in [5.74, 6) is -1.74. The number of hydrogen-bond donors (Lipinski definition) is 5. The van der Waals surface area contributed by atoms with Gasteiger partial charge in [-0.2, -0.15) is 0 Å². The molecule has 0 amide bonds. The lowest BCUT2D eigenvalue weighted by Crippen LogP contribution is -2.30. The molecule has 0 spiro atoms. The number of hydrogen-bond acceptors (Lipinski definition) is 5. The molecule has 0 fully saturated rings. The Labute approximate surface area is 101 Å². The molecule has 0 atom stereocenters. The Bertz CT molecular complexity index is 194. The minimum absolute atomic E-state index is 0.0628. The van der Waals surface area contributed by atoms with Gasteiger partial charge in [0.15, 0.2) is 0 Å². The van der Waals surface area contributed by atoms with Crippen LogP contribution in [0.1, 0.15) is 38.5 Å². The highest BCUT2D eigenvalue weighted by atomic mass is 16.4. The first-order valence-corrected chi connectivity index (χ1v) is 5.55. The zero-order valence-electron chi connectivity index (χ0n) is 9.97. The van der Waals surface area contributed by atoms with E-state index in [0.29, 0.717) is 19.4 Å². The van der Waals surface area contributed by atoms with Crippen molar-refractivity contribution in [3.05, 3.63) is 0 Å². The molecule has 8 N–H and O–H groups in total. The maximum absolute atomic E-state index is 9.90. The first kappa shape index (κ1) is 18.2. The molecule has 17 heavy (non-hydrogen) atoms. The van der Waals surface area contributed by atoms with Crippen molar-refractivity contribution in [1.29, 1.82) is 0 Å². The fourth-order valence-corrected chi connectivity index (χ4v) is 0.906. The number of aliphatic carboxylic acids is 2. The van der Waals surface area contributed by atoms with Crippen LogP contribution in [0.3, 0.4) is 0 Å². The fraction of sp³-hybridized carbons (Fsp3) is 0.800. The summed E-state index contributed by atoms with van der Waals surface area (Å²) in [6.45, 7) is 0.685. The molecule has 0 radical (unpaired) electrons. The monoisotopic (exact) mass is 249 g/mol. The van der Waals surface area contributed by atoms with Crippen molar-refractivity contribution in [2.45, 2.75) is 44.7 Å². The predicted octanol–water partition coefficient (Wildman–Crippen LogP) is -0.315. The highest BCUT2D eigenvalue weighted by molar-refractivity contribution is 5.67. The minimum Gasteiger partial charge on any atom is -0.481 e. The van der Waals surface area contributed by atoms with Crippen molar-refractivity contribution in [1.82, 2.24) is 0 Å². The molecule has 7 heteroatoms. The number of carbonyl (C=O) groups is 2. The lowest BCUT2D eigenvalue weighted by atomic mass is 10.2. The van der Waals surface area contributed by atoms with Gasteiger partial charge in [-0.15, -0.1) is 0 Å². The molecule has 0 rings (SSSR count). The summed E-state index contributed by atoms with van der Waals surface area (Å²) in [6.07, 6.45) is 2.60. The lowest BCUT2D eigenvalue weighted by Gasteiger charge is -2.00. The van der Waals surface area contributed by atoms with Crippen LogP contribution < -0.4 is 17.2 Å². The summed E-state index contributed by atoms with van der Waals surface area (Å²) < 4.78 is 0. The van der Waals surface area contributed by atoms with Gasteiger partial charge in [-0.05, 0) is 32.2 Å². The van der Waals surface area contributed by atoms with Crippen molar-refractivity contribution in [2.24, 2.45) is 17.2 Å². The quantitative estimate of drug-likeness (QED) is 0.292. The van der Waals surface area contributed by atoms with Crippen molar-refractivity contribution in [2.75, 3.05) is 6.54 Å². The molecule has 7 nitrogen and oxygen atoms in total. The van der Waals surface area contributed by atoms with Gasteiger partial charge in [0.25, 0.3) is 0 Å². The van der Waals surface area contributed by atoms with Crippen LogP contribution in [0, 0.1) is 0 Å². The molecule has 0 heterocycles. The second-order valence-corrected chi connectivity index (χ2v) is 3.59. The standard InChI is InChI=1S/C6H10O4.C4H13N3/c7-5(8)3-1-2-4-6(9)10;5-3-1-2-4(6)7/h1-4H2,(H,7,8)(H,9,10);4H,1-3,5-7H2. The summed E-state index contributed by atoms with van der Waals surface area (Å²) in [4.78, 5) is 19.8. The van der Waals surface area contributed by atoms with E-state index in [1.54, 1.807) is 0 Å². The molecule has 102 valence electrons. The normalized spacial score (nSPS) is 9.65. The van der Waals surface area contributed by atoms with Gasteiger partial charge < -0.3 is 27.4 Å². The summed E-state index contributed by atoms with van der Waals surface area (Å²) in [5.41, 5.74) is 15.6. The summed E-state index contributed by atoms with van der Waals surface area (Å²) >= 11 is 0. The van der Waals surface area contributed by atoms with E-state index in [1.165, 1.54) is 0 Å². The minimum atomic E-state index is -0.870. The molecule has 0 bridgehead atoms. The number of carboxylic acids is 2. The van der Waals surface area contributed by atoms with Gasteiger partial charge in [-0.1, -0.05) is 0 Å². The third kappa shape index (κ3) is 25.3. The topological polar surface area (TPSA) is 153 Å². The van der Waals surface area contributed by atoms with Gasteiger partial charge in [0.2, 0.25) is 0 Å². The van der Waals surface area contributed by atoms with E-state index in [4.69, 9.17) is 27.4 Å². The second-order valence-electron chi connectivity index (χ2n) is 3.59. The second kappa shape index (κ2) is 12.9. The fourth-order valence-electron chi connectivity index (χ4n) is 0.906. The van der Waals surface area contributed by atoms with Crippen molar-refractivity contribution in [3.8, 4) is 0 Å². The summed E-state index contributed by atoms with van der Waals surface area (Å²) in [6, 6.07) is 0. The molecular formula is C10H23N3O4. The SMILES string of the molecule is NCCCC(N)N.O=C(O)CCCCC(=O)O. The molecule has 0 unspecified atom stereocenters. The number of nitrogens with two attached hydrogens (primary N) is 3. The summed E-state index contributed by atoms with van der Waals surface area (Å²) in [5, 5.41) is 16.3. The van der Waals surface area contributed by atoms with Crippen LogP contribution in [-0.4, -0.2) is 34.9 Å². The Hall–Kier alpha value is -1.18. The first-order valence-electron chi connectivity index (χ1n) is 5.55. The van der Waals surface area contributed by atoms with Gasteiger partial charge in [0, 0.05) is 12.8 Å². The van der Waals surface area contributed by atoms with Gasteiger partial charge in [-0.3, -0.25) is 9.59 Å². The van der Waals surface area contributed by atoms with Crippen LogP contribution in [0.25, 0.3) is 0 Å². The number of rotatable bonds is 8. The molecule has 0 aromatic carbocycles. The van der Waals surface area contributed by atoms with E-state index in [2.05, 4.69) is 0 Å². The van der Waals surface area contributed by atoms with Crippen LogP contribution in [0.2, 0.25) is 0 Å². The van der Waals surface area contributed by atoms with E-state index in [0.717, 1.165) is 12.8 Å². The molecule has 0 saturated heterocycles. The van der Waals surface area contributed by atoms with Crippen molar-refractivity contribution >= 4 is 11.9 Å². The highest BCUT2D eigenvalue weighted by Crippen LogP contribution is 1.98. The van der Waals surface area contributed by atoms with Gasteiger partial charge in [0.05, 0.1) is 6.17 Å². The van der Waals surface area contributed by atoms with Crippen molar-refractivity contribution in [3.63, 3.8) is 0 Å². The molecular weight excluding hydrogens is 226 g/mol. The van der Waals surface area contributed by atoms with Gasteiger partial charge in [-0.25, -0.2) is 0 Å². The Morgan fingerprint density at radius 2 is 1.35 bits per heavy atom. The molecule has 0 aromatic rings. The van der Waals surface area contributed by atoms with E-state index in [9.17, 15) is 9.59 Å². The van der Waals surface area contributed by atoms with Crippen molar-refractivity contribution < 1.29 is 19.8 Å². The van der Waals surface area contributed by atoms with Gasteiger partial charge >= 0.3 is 11.9 Å². The van der Waals surface area contributed by atoms with Crippen LogP contribution in [0.4, 0.5) is 0 Å². The van der Waals surface area contributed by atoms with E-state index in [1.807, 2.05) is 0 Å². The third-order valence-corrected chi connectivity index (χ3v) is 1.77. The number of carboxylic acid groups (broad SMARTS) is 2. The van der Waals surface area contributed by atoms with E-state index >= 15 is 0 Å². The maximum atomic E-state index is 9.90. The Balaban J connectivity index is 0. The zero-order chi connectivity index (χ0) is 13.7. The Morgan fingerprint density at radius 1 is 0.941 bits per heavy atom. The maximum Gasteiger partial charge on any atom is 0.303 e. The van der Waals surface area contributed by atoms with Crippen LogP contribution >= 0.6 is 0 Å². The molecule has 0 saturated carbocycles. The zero-order valence-corrected chi connectivity index (χ0v) is 9.97. The molecule has 0 aliphatic carbocycles. The van der Waals surface area contributed by atoms with E-state index < -0.39 is 11.9 Å². The smallest absolute Gasteiger partial charge is 0.303 e. The lowest BCUT2D eigenvalue weighted by molar-refractivity contribution is -0.139. The largest absolute Gasteiger partial charge is 0.481 e. The first-order chi connectivity index (χ1) is 7.90. The molecule has 0 aromatic heterocycles. The number of unbranched alkanes of at least 4 members (excludes halogenated alkanes) is 1. The average molecular weight is 249 g/mol. The summed E-state index contributed by atoms with van der Waals surface area (Å²) in [7, 11) is 0. The van der Waals surface area contributed by atoms with Crippen LogP contribution in [-0.2, 0) is 9.59 Å². The van der Waals surface area contributed by atoms with Crippen LogP contribution in [0.5, 0.6) is 0 Å². The Morgan fingerprint density at radius 3 is 1.53 bits per heavy atom. The Kier molecular flexibility index (Phi) is 13.8. The predicted molar refractivity (Wildman–Crippen MR) is 64.2 cm³/mol. The average Bonchev–Trinajstić information content (AvgIpc) is 2.22. The van der Waals surface area contributed by atoms with Crippen LogP contribution in [0.15, 0.2) is 0 Å². The molecule has 0 aliphatic heterocycles. The third-order valence-electron chi connectivity index (χ3n) is 1.77.